The van der Waals surface area contributed by atoms with Gasteiger partial charge in [-0.15, -0.1) is 0 Å². The van der Waals surface area contributed by atoms with Crippen LogP contribution in [-0.2, 0) is 17.9 Å². The van der Waals surface area contributed by atoms with Crippen LogP contribution in [0.3, 0.4) is 0 Å². The number of likely N-dealkylation sites (tertiary alicyclic amines) is 1. The number of aromatic nitrogens is 5. The van der Waals surface area contributed by atoms with Crippen molar-refractivity contribution >= 4 is 35.0 Å². The molecule has 13 heteroatoms. The third-order valence-corrected chi connectivity index (χ3v) is 7.57. The van der Waals surface area contributed by atoms with Crippen LogP contribution in [0, 0.1) is 6.92 Å². The summed E-state index contributed by atoms with van der Waals surface area (Å²) < 4.78 is 0. The van der Waals surface area contributed by atoms with Gasteiger partial charge in [0.05, 0.1) is 11.2 Å². The second-order valence-electron chi connectivity index (χ2n) is 11.1. The molecule has 0 saturated carbocycles. The van der Waals surface area contributed by atoms with Gasteiger partial charge in [-0.2, -0.15) is 4.99 Å². The van der Waals surface area contributed by atoms with Crippen LogP contribution >= 0.6 is 0 Å². The number of nitrogens with two attached hydrogens (primary N) is 2. The molecule has 8 N–H and O–H groups in total. The number of nitrogens with one attached hydrogen (secondary N) is 4. The number of hydrogen-bond donors (Lipinski definition) is 6. The molecule has 3 aromatic heterocycles. The normalized spacial score (nSPS) is 13.2. The summed E-state index contributed by atoms with van der Waals surface area (Å²) >= 11 is 0. The Morgan fingerprint density at radius 3 is 2.54 bits per heavy atom. The molecular formula is C35H43N11O2. The third-order valence-electron chi connectivity index (χ3n) is 7.57. The summed E-state index contributed by atoms with van der Waals surface area (Å²) in [5, 5.41) is 7.23. The fraction of sp³-hybridized carbons (Fsp3) is 0.257. The SMILES string of the molecule is CN/C(C)=C\C(N)=N/c1ncc(C)c(-c2c[nH]c3c(CN4CCCC4)cccc23)n1.NC=O.O=c1ccnc(NCc2ccccc2)[nH]1. The molecule has 2 aromatic carbocycles. The second-order valence-corrected chi connectivity index (χ2v) is 11.1. The van der Waals surface area contributed by atoms with Crippen molar-refractivity contribution in [3.8, 4) is 11.3 Å². The topological polar surface area (TPSA) is 196 Å². The van der Waals surface area contributed by atoms with Crippen molar-refractivity contribution in [3.05, 3.63) is 112 Å². The average Bonchev–Trinajstić information content (AvgIpc) is 3.77. The predicted molar refractivity (Wildman–Crippen MR) is 192 cm³/mol. The van der Waals surface area contributed by atoms with E-state index in [2.05, 4.69) is 64.4 Å². The van der Waals surface area contributed by atoms with Gasteiger partial charge in [-0.1, -0.05) is 48.5 Å². The van der Waals surface area contributed by atoms with E-state index >= 15 is 0 Å². The van der Waals surface area contributed by atoms with E-state index in [9.17, 15) is 4.79 Å². The molecule has 6 rings (SSSR count). The monoisotopic (exact) mass is 649 g/mol. The first-order valence-corrected chi connectivity index (χ1v) is 15.6. The Bertz CT molecular complexity index is 1890. The molecule has 1 fully saturated rings. The third kappa shape index (κ3) is 10.1. The number of aromatic amines is 2. The van der Waals surface area contributed by atoms with Crippen LogP contribution in [0.15, 0.2) is 94.7 Å². The van der Waals surface area contributed by atoms with E-state index in [4.69, 9.17) is 15.5 Å². The highest BCUT2D eigenvalue weighted by Crippen LogP contribution is 2.32. The van der Waals surface area contributed by atoms with Gasteiger partial charge in [-0.05, 0) is 62.5 Å². The van der Waals surface area contributed by atoms with Crippen molar-refractivity contribution in [1.82, 2.24) is 35.1 Å². The highest BCUT2D eigenvalue weighted by atomic mass is 16.1. The van der Waals surface area contributed by atoms with Gasteiger partial charge in [-0.25, -0.2) is 15.0 Å². The molecule has 5 aromatic rings. The lowest BCUT2D eigenvalue weighted by Gasteiger charge is -2.15. The number of aliphatic imine (C=N–C) groups is 1. The summed E-state index contributed by atoms with van der Waals surface area (Å²) in [6.07, 6.45) is 9.92. The molecule has 1 aliphatic heterocycles. The van der Waals surface area contributed by atoms with E-state index in [1.165, 1.54) is 54.7 Å². The number of carbonyl (C=O) groups excluding carboxylic acids is 1. The van der Waals surface area contributed by atoms with E-state index in [1.807, 2.05) is 57.4 Å². The Balaban J connectivity index is 0.000000241. The summed E-state index contributed by atoms with van der Waals surface area (Å²) in [5.41, 5.74) is 17.5. The van der Waals surface area contributed by atoms with Gasteiger partial charge in [0.15, 0.2) is 0 Å². The minimum Gasteiger partial charge on any atom is -0.392 e. The number of H-pyrrole nitrogens is 2. The van der Waals surface area contributed by atoms with Crippen LogP contribution in [0.5, 0.6) is 0 Å². The number of carbonyl (C=O) groups is 1. The first-order valence-electron chi connectivity index (χ1n) is 15.6. The molecule has 1 saturated heterocycles. The molecule has 1 amide bonds. The zero-order chi connectivity index (χ0) is 34.3. The molecule has 0 aliphatic carbocycles. The molecular weight excluding hydrogens is 606 g/mol. The van der Waals surface area contributed by atoms with Crippen molar-refractivity contribution in [2.75, 3.05) is 25.5 Å². The van der Waals surface area contributed by atoms with Crippen LogP contribution in [0.1, 0.15) is 36.5 Å². The lowest BCUT2D eigenvalue weighted by Crippen LogP contribution is -2.18. The maximum Gasteiger partial charge on any atom is 0.252 e. The first kappa shape index (κ1) is 35.0. The molecule has 4 heterocycles. The minimum absolute atomic E-state index is 0.152. The van der Waals surface area contributed by atoms with Crippen LogP contribution in [0.2, 0.25) is 0 Å². The maximum absolute atomic E-state index is 11.0. The largest absolute Gasteiger partial charge is 0.392 e. The van der Waals surface area contributed by atoms with Crippen LogP contribution in [0.25, 0.3) is 22.2 Å². The number of benzene rings is 2. The van der Waals surface area contributed by atoms with Crippen LogP contribution < -0.4 is 27.7 Å². The number of nitrogens with zero attached hydrogens (tertiary/aromatic N) is 5. The summed E-state index contributed by atoms with van der Waals surface area (Å²) in [6.45, 7) is 7.93. The summed E-state index contributed by atoms with van der Waals surface area (Å²) in [7, 11) is 1.84. The minimum atomic E-state index is -0.152. The van der Waals surface area contributed by atoms with Gasteiger partial charge in [-0.3, -0.25) is 19.5 Å². The number of aryl methyl sites for hydroxylation is 1. The highest BCUT2D eigenvalue weighted by molar-refractivity contribution is 5.97. The van der Waals surface area contributed by atoms with Crippen molar-refractivity contribution in [2.45, 2.75) is 39.8 Å². The Hall–Kier alpha value is -5.82. The van der Waals surface area contributed by atoms with Gasteiger partial charge in [0, 0.05) is 61.4 Å². The van der Waals surface area contributed by atoms with Crippen LogP contribution in [-0.4, -0.2) is 62.2 Å². The summed E-state index contributed by atoms with van der Waals surface area (Å²) in [6, 6.07) is 17.8. The Morgan fingerprint density at radius 2 is 1.83 bits per heavy atom. The number of para-hydroxylation sites is 1. The smallest absolute Gasteiger partial charge is 0.252 e. The maximum atomic E-state index is 11.0. The molecule has 0 radical (unpaired) electrons. The molecule has 0 spiro atoms. The Labute approximate surface area is 279 Å². The molecule has 13 nitrogen and oxygen atoms in total. The van der Waals surface area contributed by atoms with Crippen molar-refractivity contribution in [3.63, 3.8) is 0 Å². The standard InChI is InChI=1S/C23H29N7.C11H11N3O.CH3NO/c1-15-12-27-23(28-20(24)11-16(2)25-3)29-21(15)19-13-26-22-17(7-6-8-18(19)22)14-30-9-4-5-10-30;15-10-6-7-12-11(14-10)13-8-9-4-2-1-3-5-9;2-1-3/h6-8,11-13,25-26H,4-5,9-10,14H2,1-3H3,(H2,24,27,28,29);1-7H,8H2,(H2,12,13,14,15);1H,(H2,2,3)/b16-11-;;. The molecule has 0 atom stereocenters. The van der Waals surface area contributed by atoms with Crippen molar-refractivity contribution in [2.24, 2.45) is 16.5 Å². The van der Waals surface area contributed by atoms with Crippen molar-refractivity contribution < 1.29 is 4.79 Å². The number of allylic oxidation sites excluding steroid dienone is 1. The average molecular weight is 650 g/mol. The molecule has 0 bridgehead atoms. The van der Waals surface area contributed by atoms with Gasteiger partial charge in [0.25, 0.3) is 11.5 Å². The van der Waals surface area contributed by atoms with E-state index in [0.717, 1.165) is 34.6 Å². The van der Waals surface area contributed by atoms with E-state index in [0.29, 0.717) is 24.3 Å². The predicted octanol–water partition coefficient (Wildman–Crippen LogP) is 4.12. The van der Waals surface area contributed by atoms with E-state index in [1.54, 1.807) is 12.3 Å². The number of amidine groups is 1. The fourth-order valence-corrected chi connectivity index (χ4v) is 5.17. The van der Waals surface area contributed by atoms with Crippen LogP contribution in [0.4, 0.5) is 11.9 Å². The number of anilines is 1. The quantitative estimate of drug-likeness (QED) is 0.0773. The number of primary amides is 1. The highest BCUT2D eigenvalue weighted by Gasteiger charge is 2.17. The molecule has 250 valence electrons. The lowest BCUT2D eigenvalue weighted by atomic mass is 10.0. The first-order chi connectivity index (χ1) is 23.3. The Kier molecular flexibility index (Phi) is 13.0. The zero-order valence-corrected chi connectivity index (χ0v) is 27.5. The summed E-state index contributed by atoms with van der Waals surface area (Å²) in [5.74, 6) is 1.21. The molecule has 0 unspecified atom stereocenters. The molecule has 48 heavy (non-hydrogen) atoms. The van der Waals surface area contributed by atoms with Gasteiger partial charge < -0.3 is 27.1 Å². The number of fused-ring (bicyclic) bond motifs is 1. The fourth-order valence-electron chi connectivity index (χ4n) is 5.17. The van der Waals surface area contributed by atoms with Crippen molar-refractivity contribution in [1.29, 1.82) is 0 Å². The van der Waals surface area contributed by atoms with Gasteiger partial charge in [0.1, 0.15) is 5.84 Å². The van der Waals surface area contributed by atoms with E-state index in [-0.39, 0.29) is 12.0 Å². The number of amides is 1. The zero-order valence-electron chi connectivity index (χ0n) is 27.5. The number of hydrogen-bond acceptors (Lipinski definition) is 9. The summed E-state index contributed by atoms with van der Waals surface area (Å²) in [4.78, 5) is 45.6. The number of rotatable bonds is 9. The molecule has 1 aliphatic rings. The van der Waals surface area contributed by atoms with Gasteiger partial charge >= 0.3 is 0 Å². The lowest BCUT2D eigenvalue weighted by molar-refractivity contribution is -0.106. The van der Waals surface area contributed by atoms with E-state index < -0.39 is 0 Å². The Morgan fingerprint density at radius 1 is 1.08 bits per heavy atom. The second kappa shape index (κ2) is 17.8. The van der Waals surface area contributed by atoms with Gasteiger partial charge in [0.2, 0.25) is 12.4 Å².